The Kier molecular flexibility index (Phi) is 5.97. The Morgan fingerprint density at radius 3 is 2.08 bits per heavy atom. The van der Waals surface area contributed by atoms with E-state index < -0.39 is 9.84 Å². The van der Waals surface area contributed by atoms with Gasteiger partial charge in [-0.2, -0.15) is 0 Å². The molecule has 24 heavy (non-hydrogen) atoms. The van der Waals surface area contributed by atoms with Crippen LogP contribution < -0.4 is 0 Å². The third kappa shape index (κ3) is 4.36. The number of carbonyl (C=O) groups excluding carboxylic acids is 1. The molecular weight excluding hydrogens is 326 g/mol. The first-order valence-corrected chi connectivity index (χ1v) is 8.79. The van der Waals surface area contributed by atoms with Crippen LogP contribution in [0.1, 0.15) is 23.7 Å². The zero-order valence-corrected chi connectivity index (χ0v) is 13.9. The van der Waals surface area contributed by atoms with Crippen molar-refractivity contribution in [3.05, 3.63) is 72.4 Å². The van der Waals surface area contributed by atoms with Crippen molar-refractivity contribution in [2.24, 2.45) is 0 Å². The molecule has 0 amide bonds. The van der Waals surface area contributed by atoms with Gasteiger partial charge in [0.15, 0.2) is 5.78 Å². The molecule has 0 spiro atoms. The molecule has 3 rings (SSSR count). The number of rotatable bonds is 4. The third-order valence-corrected chi connectivity index (χ3v) is 4.78. The van der Waals surface area contributed by atoms with Gasteiger partial charge in [-0.15, -0.1) is 5.10 Å². The normalized spacial score (nSPS) is 10.5. The summed E-state index contributed by atoms with van der Waals surface area (Å²) in [6.07, 6.45) is 1.84. The number of ketones is 1. The Morgan fingerprint density at radius 1 is 1.00 bits per heavy atom. The Bertz CT molecular complexity index is 862. The summed E-state index contributed by atoms with van der Waals surface area (Å²) in [6, 6.07) is 17.5. The number of nitrogens with one attached hydrogen (secondary N) is 1. The zero-order chi connectivity index (χ0) is 17.4. The number of Topliss-reactive ketones (excluding diaryl/α,β-unsaturated/α-hetero) is 1. The van der Waals surface area contributed by atoms with Crippen molar-refractivity contribution in [3.8, 4) is 0 Å². The van der Waals surface area contributed by atoms with Crippen LogP contribution in [-0.4, -0.2) is 29.6 Å². The van der Waals surface area contributed by atoms with E-state index in [1.54, 1.807) is 18.2 Å². The molecule has 0 saturated carbocycles. The minimum Gasteiger partial charge on any atom is -0.294 e. The summed E-state index contributed by atoms with van der Waals surface area (Å²) >= 11 is 0. The van der Waals surface area contributed by atoms with Crippen LogP contribution >= 0.6 is 0 Å². The maximum Gasteiger partial charge on any atom is 0.227 e. The second-order valence-corrected chi connectivity index (χ2v) is 6.67. The van der Waals surface area contributed by atoms with E-state index in [0.717, 1.165) is 5.56 Å². The van der Waals surface area contributed by atoms with Crippen LogP contribution in [0.15, 0.2) is 76.8 Å². The summed E-state index contributed by atoms with van der Waals surface area (Å²) in [5.74, 6) is 0.209. The molecule has 1 N–H and O–H groups in total. The minimum absolute atomic E-state index is 0.0660. The number of H-pyrrole nitrogens is 1. The number of carbonyl (C=O) groups is 1. The molecule has 7 heteroatoms. The molecule has 6 nitrogen and oxygen atoms in total. The Morgan fingerprint density at radius 2 is 1.58 bits per heavy atom. The average Bonchev–Trinajstić information content (AvgIpc) is 3.19. The monoisotopic (exact) mass is 343 g/mol. The first-order valence-electron chi connectivity index (χ1n) is 7.30. The van der Waals surface area contributed by atoms with Gasteiger partial charge in [-0.05, 0) is 12.1 Å². The highest BCUT2D eigenvalue weighted by Gasteiger charge is 2.19. The molecule has 0 radical (unpaired) electrons. The number of aromatic amines is 1. The van der Waals surface area contributed by atoms with Crippen LogP contribution in [0.4, 0.5) is 0 Å². The van der Waals surface area contributed by atoms with Crippen LogP contribution in [0, 0.1) is 0 Å². The summed E-state index contributed by atoms with van der Waals surface area (Å²) in [7, 11) is -3.50. The van der Waals surface area contributed by atoms with Crippen molar-refractivity contribution in [3.63, 3.8) is 0 Å². The van der Waals surface area contributed by atoms with Gasteiger partial charge in [-0.1, -0.05) is 60.7 Å². The quantitative estimate of drug-likeness (QED) is 0.735. The Balaban J connectivity index is 0.000000185. The number of nitrogens with zero attached hydrogens (tertiary/aromatic N) is 2. The second-order valence-electron chi connectivity index (χ2n) is 4.77. The lowest BCUT2D eigenvalue weighted by molar-refractivity contribution is 0.0988. The first-order chi connectivity index (χ1) is 11.6. The fourth-order valence-corrected chi connectivity index (χ4v) is 2.98. The van der Waals surface area contributed by atoms with E-state index in [9.17, 15) is 13.2 Å². The predicted octanol–water partition coefficient (Wildman–Crippen LogP) is 2.92. The number of hydrogen-bond acceptors (Lipinski definition) is 5. The summed E-state index contributed by atoms with van der Waals surface area (Å²) < 4.78 is 23.5. The van der Waals surface area contributed by atoms with Gasteiger partial charge in [-0.25, -0.2) is 8.42 Å². The maximum absolute atomic E-state index is 11.8. The van der Waals surface area contributed by atoms with Crippen LogP contribution in [-0.2, 0) is 9.84 Å². The van der Waals surface area contributed by atoms with E-state index in [1.165, 1.54) is 18.3 Å². The van der Waals surface area contributed by atoms with Crippen molar-refractivity contribution in [2.45, 2.75) is 23.3 Å². The average molecular weight is 343 g/mol. The standard InChI is InChI=1S/C9H10O.C8H7N3O2S/c1-2-9(10)8-6-4-3-5-7-8;12-14(13,8-6-9-11-10-8)7-4-2-1-3-5-7/h3-7H,2H2,1H3;1-6H,(H,9,10,11). The fourth-order valence-electron chi connectivity index (χ4n) is 1.87. The molecule has 3 aromatic rings. The van der Waals surface area contributed by atoms with E-state index in [4.69, 9.17) is 0 Å². The molecule has 0 aliphatic carbocycles. The van der Waals surface area contributed by atoms with Gasteiger partial charge < -0.3 is 0 Å². The van der Waals surface area contributed by atoms with E-state index in [2.05, 4.69) is 15.4 Å². The van der Waals surface area contributed by atoms with Crippen LogP contribution in [0.5, 0.6) is 0 Å². The van der Waals surface area contributed by atoms with Crippen molar-refractivity contribution >= 4 is 15.6 Å². The molecule has 124 valence electrons. The molecule has 2 aromatic carbocycles. The second kappa shape index (κ2) is 8.16. The van der Waals surface area contributed by atoms with Crippen molar-refractivity contribution in [1.29, 1.82) is 0 Å². The van der Waals surface area contributed by atoms with Crippen molar-refractivity contribution < 1.29 is 13.2 Å². The number of benzene rings is 2. The minimum atomic E-state index is -3.50. The van der Waals surface area contributed by atoms with Gasteiger partial charge in [0.25, 0.3) is 0 Å². The molecule has 1 aromatic heterocycles. The summed E-state index contributed by atoms with van der Waals surface area (Å²) in [4.78, 5) is 11.2. The molecular formula is C17H17N3O3S. The fraction of sp³-hybridized carbons (Fsp3) is 0.118. The molecule has 0 saturated heterocycles. The van der Waals surface area contributed by atoms with Crippen molar-refractivity contribution in [1.82, 2.24) is 15.4 Å². The highest BCUT2D eigenvalue weighted by Crippen LogP contribution is 2.16. The third-order valence-electron chi connectivity index (χ3n) is 3.14. The van der Waals surface area contributed by atoms with Crippen molar-refractivity contribution in [2.75, 3.05) is 0 Å². The number of sulfone groups is 1. The topological polar surface area (TPSA) is 92.8 Å². The summed E-state index contributed by atoms with van der Waals surface area (Å²) in [5.41, 5.74) is 0.810. The molecule has 0 aliphatic heterocycles. The molecule has 0 unspecified atom stereocenters. The number of aromatic nitrogens is 3. The van der Waals surface area contributed by atoms with Crippen LogP contribution in [0.25, 0.3) is 0 Å². The summed E-state index contributed by atoms with van der Waals surface area (Å²) in [6.45, 7) is 1.87. The lowest BCUT2D eigenvalue weighted by Gasteiger charge is -1.98. The van der Waals surface area contributed by atoms with E-state index >= 15 is 0 Å². The van der Waals surface area contributed by atoms with Crippen LogP contribution in [0.2, 0.25) is 0 Å². The molecule has 1 heterocycles. The Hall–Kier alpha value is -2.80. The smallest absolute Gasteiger partial charge is 0.227 e. The zero-order valence-electron chi connectivity index (χ0n) is 13.1. The molecule has 0 fully saturated rings. The highest BCUT2D eigenvalue weighted by molar-refractivity contribution is 7.91. The predicted molar refractivity (Wildman–Crippen MR) is 89.3 cm³/mol. The lowest BCUT2D eigenvalue weighted by Crippen LogP contribution is -2.01. The Labute approximate surface area is 140 Å². The lowest BCUT2D eigenvalue weighted by atomic mass is 10.1. The highest BCUT2D eigenvalue weighted by atomic mass is 32.2. The van der Waals surface area contributed by atoms with Gasteiger partial charge in [0.2, 0.25) is 14.9 Å². The largest absolute Gasteiger partial charge is 0.294 e. The number of hydrogen-bond donors (Lipinski definition) is 1. The maximum atomic E-state index is 11.8. The molecule has 0 bridgehead atoms. The van der Waals surface area contributed by atoms with Gasteiger partial charge in [-0.3, -0.25) is 9.89 Å². The summed E-state index contributed by atoms with van der Waals surface area (Å²) in [5, 5.41) is 9.13. The first kappa shape index (κ1) is 17.6. The van der Waals surface area contributed by atoms with Gasteiger partial charge in [0.1, 0.15) is 0 Å². The van der Waals surface area contributed by atoms with Crippen LogP contribution in [0.3, 0.4) is 0 Å². The van der Waals surface area contributed by atoms with Gasteiger partial charge in [0.05, 0.1) is 11.1 Å². The molecule has 0 atom stereocenters. The van der Waals surface area contributed by atoms with Gasteiger partial charge in [0, 0.05) is 12.0 Å². The van der Waals surface area contributed by atoms with Gasteiger partial charge >= 0.3 is 0 Å². The van der Waals surface area contributed by atoms with E-state index in [1.807, 2.05) is 37.3 Å². The molecule has 0 aliphatic rings. The van der Waals surface area contributed by atoms with E-state index in [-0.39, 0.29) is 15.7 Å². The van der Waals surface area contributed by atoms with E-state index in [0.29, 0.717) is 6.42 Å². The SMILES string of the molecule is CCC(=O)c1ccccc1.O=S(=O)(c1ccccc1)c1c[nH]nn1.